The summed E-state index contributed by atoms with van der Waals surface area (Å²) in [4.78, 5) is 8.38. The molecular formula is C7H11IN2. The summed E-state index contributed by atoms with van der Waals surface area (Å²) in [7, 11) is 0. The number of nitrogens with zero attached hydrogens (tertiary/aromatic N) is 2. The van der Waals surface area contributed by atoms with Crippen molar-refractivity contribution < 1.29 is 0 Å². The third-order valence-corrected chi connectivity index (χ3v) is 2.13. The smallest absolute Gasteiger partial charge is 0.185 e. The van der Waals surface area contributed by atoms with E-state index in [1.165, 1.54) is 12.8 Å². The normalized spacial score (nSPS) is 24.6. The molecule has 1 heterocycles. The highest BCUT2D eigenvalue weighted by Crippen LogP contribution is 2.10. The van der Waals surface area contributed by atoms with Crippen LogP contribution >= 0.6 is 22.6 Å². The average Bonchev–Trinajstić information content (AvgIpc) is 1.95. The van der Waals surface area contributed by atoms with Gasteiger partial charge in [-0.25, -0.2) is 4.99 Å². The lowest BCUT2D eigenvalue weighted by molar-refractivity contribution is 0.630. The van der Waals surface area contributed by atoms with Crippen LogP contribution in [0.15, 0.2) is 9.98 Å². The summed E-state index contributed by atoms with van der Waals surface area (Å²) in [6.45, 7) is 3.13. The van der Waals surface area contributed by atoms with Gasteiger partial charge in [-0.05, 0) is 6.42 Å². The van der Waals surface area contributed by atoms with Crippen molar-refractivity contribution in [2.45, 2.75) is 19.8 Å². The SMILES string of the molecule is CCCC1C=NC(I)=NC1. The van der Waals surface area contributed by atoms with Crippen LogP contribution in [0.3, 0.4) is 0 Å². The number of hydrogen-bond acceptors (Lipinski definition) is 2. The topological polar surface area (TPSA) is 24.7 Å². The molecule has 0 amide bonds. The number of rotatable bonds is 2. The first-order valence-electron chi connectivity index (χ1n) is 3.57. The van der Waals surface area contributed by atoms with Gasteiger partial charge < -0.3 is 0 Å². The second kappa shape index (κ2) is 4.05. The largest absolute Gasteiger partial charge is 0.261 e. The Morgan fingerprint density at radius 3 is 3.10 bits per heavy atom. The molecule has 0 N–H and O–H groups in total. The van der Waals surface area contributed by atoms with E-state index in [4.69, 9.17) is 0 Å². The maximum absolute atomic E-state index is 4.24. The zero-order valence-corrected chi connectivity index (χ0v) is 8.21. The number of aliphatic imine (C=N–C) groups is 2. The molecule has 0 aromatic rings. The third kappa shape index (κ3) is 2.36. The molecule has 1 unspecified atom stereocenters. The van der Waals surface area contributed by atoms with Gasteiger partial charge in [0.1, 0.15) is 0 Å². The summed E-state index contributed by atoms with van der Waals surface area (Å²) < 4.78 is 0.893. The van der Waals surface area contributed by atoms with Crippen molar-refractivity contribution in [2.24, 2.45) is 15.9 Å². The molecular weight excluding hydrogens is 239 g/mol. The molecule has 0 saturated carbocycles. The first kappa shape index (κ1) is 8.17. The lowest BCUT2D eigenvalue weighted by Crippen LogP contribution is -2.11. The first-order chi connectivity index (χ1) is 4.83. The predicted molar refractivity (Wildman–Crippen MR) is 53.2 cm³/mol. The van der Waals surface area contributed by atoms with E-state index in [1.54, 1.807) is 0 Å². The van der Waals surface area contributed by atoms with Gasteiger partial charge in [0.2, 0.25) is 0 Å². The Bertz CT molecular complexity index is 163. The molecule has 2 nitrogen and oxygen atoms in total. The standard InChI is InChI=1S/C7H11IN2/c1-2-3-6-4-9-7(8)10-5-6/h4,6H,2-3,5H2,1H3. The van der Waals surface area contributed by atoms with Crippen molar-refractivity contribution in [2.75, 3.05) is 6.54 Å². The lowest BCUT2D eigenvalue weighted by atomic mass is 10.1. The van der Waals surface area contributed by atoms with Crippen molar-refractivity contribution >= 4 is 32.6 Å². The Balaban J connectivity index is 2.37. The van der Waals surface area contributed by atoms with Gasteiger partial charge in [-0.2, -0.15) is 0 Å². The van der Waals surface area contributed by atoms with Crippen LogP contribution in [0.25, 0.3) is 0 Å². The van der Waals surface area contributed by atoms with Crippen LogP contribution in [0.2, 0.25) is 0 Å². The van der Waals surface area contributed by atoms with Crippen molar-refractivity contribution in [3.63, 3.8) is 0 Å². The second-order valence-electron chi connectivity index (χ2n) is 2.44. The maximum atomic E-state index is 4.24. The van der Waals surface area contributed by atoms with Gasteiger partial charge in [0.15, 0.2) is 3.84 Å². The molecule has 1 rings (SSSR count). The predicted octanol–water partition coefficient (Wildman–Crippen LogP) is 2.28. The molecule has 0 aromatic carbocycles. The van der Waals surface area contributed by atoms with Crippen LogP contribution in [0, 0.1) is 5.92 Å². The minimum atomic E-state index is 0.600. The van der Waals surface area contributed by atoms with E-state index in [0.717, 1.165) is 10.4 Å². The fourth-order valence-corrected chi connectivity index (χ4v) is 1.34. The highest BCUT2D eigenvalue weighted by Gasteiger charge is 2.07. The van der Waals surface area contributed by atoms with Crippen molar-refractivity contribution in [1.82, 2.24) is 0 Å². The second-order valence-corrected chi connectivity index (χ2v) is 3.40. The molecule has 0 fully saturated rings. The zero-order valence-electron chi connectivity index (χ0n) is 6.05. The molecule has 1 atom stereocenters. The van der Waals surface area contributed by atoms with Crippen molar-refractivity contribution in [1.29, 1.82) is 0 Å². The molecule has 10 heavy (non-hydrogen) atoms. The van der Waals surface area contributed by atoms with E-state index in [1.807, 2.05) is 6.21 Å². The Morgan fingerprint density at radius 2 is 2.60 bits per heavy atom. The number of hydrogen-bond donors (Lipinski definition) is 0. The molecule has 1 aliphatic heterocycles. The first-order valence-corrected chi connectivity index (χ1v) is 4.65. The van der Waals surface area contributed by atoms with Crippen LogP contribution in [-0.2, 0) is 0 Å². The van der Waals surface area contributed by atoms with Gasteiger partial charge >= 0.3 is 0 Å². The number of halogens is 1. The van der Waals surface area contributed by atoms with Gasteiger partial charge in [-0.3, -0.25) is 4.99 Å². The van der Waals surface area contributed by atoms with E-state index in [2.05, 4.69) is 39.5 Å². The summed E-state index contributed by atoms with van der Waals surface area (Å²) in [6.07, 6.45) is 4.47. The van der Waals surface area contributed by atoms with Gasteiger partial charge in [0, 0.05) is 41.3 Å². The summed E-state index contributed by atoms with van der Waals surface area (Å²) in [6, 6.07) is 0. The quantitative estimate of drug-likeness (QED) is 0.530. The van der Waals surface area contributed by atoms with Gasteiger partial charge in [0.25, 0.3) is 0 Å². The highest BCUT2D eigenvalue weighted by atomic mass is 127. The van der Waals surface area contributed by atoms with E-state index >= 15 is 0 Å². The molecule has 0 saturated heterocycles. The summed E-state index contributed by atoms with van der Waals surface area (Å²) in [5, 5.41) is 0. The lowest BCUT2D eigenvalue weighted by Gasteiger charge is -2.10. The Hall–Kier alpha value is 0.0700. The van der Waals surface area contributed by atoms with Gasteiger partial charge in [0.05, 0.1) is 0 Å². The zero-order chi connectivity index (χ0) is 7.40. The maximum Gasteiger partial charge on any atom is 0.185 e. The molecule has 56 valence electrons. The third-order valence-electron chi connectivity index (χ3n) is 1.51. The summed E-state index contributed by atoms with van der Waals surface area (Å²) in [5.41, 5.74) is 0. The fourth-order valence-electron chi connectivity index (χ4n) is 0.984. The average molecular weight is 250 g/mol. The van der Waals surface area contributed by atoms with Crippen molar-refractivity contribution in [3.05, 3.63) is 0 Å². The van der Waals surface area contributed by atoms with Crippen molar-refractivity contribution in [3.8, 4) is 0 Å². The fraction of sp³-hybridized carbons (Fsp3) is 0.714. The monoisotopic (exact) mass is 250 g/mol. The summed E-state index contributed by atoms with van der Waals surface area (Å²) in [5.74, 6) is 0.600. The molecule has 0 aliphatic carbocycles. The van der Waals surface area contributed by atoms with Crippen LogP contribution in [0.4, 0.5) is 0 Å². The van der Waals surface area contributed by atoms with E-state index in [9.17, 15) is 0 Å². The Morgan fingerprint density at radius 1 is 1.80 bits per heavy atom. The molecule has 0 radical (unpaired) electrons. The highest BCUT2D eigenvalue weighted by molar-refractivity contribution is 14.1. The van der Waals surface area contributed by atoms with Gasteiger partial charge in [-0.15, -0.1) is 0 Å². The minimum absolute atomic E-state index is 0.600. The van der Waals surface area contributed by atoms with E-state index in [0.29, 0.717) is 5.92 Å². The molecule has 0 aromatic heterocycles. The summed E-state index contributed by atoms with van der Waals surface area (Å²) >= 11 is 2.15. The Labute approximate surface area is 75.0 Å². The Kier molecular flexibility index (Phi) is 3.31. The minimum Gasteiger partial charge on any atom is -0.261 e. The molecule has 0 bridgehead atoms. The van der Waals surface area contributed by atoms with Crippen LogP contribution < -0.4 is 0 Å². The molecule has 3 heteroatoms. The molecule has 1 aliphatic rings. The van der Waals surface area contributed by atoms with Crippen LogP contribution in [0.5, 0.6) is 0 Å². The van der Waals surface area contributed by atoms with Crippen LogP contribution in [-0.4, -0.2) is 16.6 Å². The number of amidine groups is 1. The van der Waals surface area contributed by atoms with E-state index in [-0.39, 0.29) is 0 Å². The van der Waals surface area contributed by atoms with Crippen LogP contribution in [0.1, 0.15) is 19.8 Å². The molecule has 0 spiro atoms. The van der Waals surface area contributed by atoms with E-state index < -0.39 is 0 Å². The van der Waals surface area contributed by atoms with Gasteiger partial charge in [-0.1, -0.05) is 13.3 Å².